The summed E-state index contributed by atoms with van der Waals surface area (Å²) in [5.41, 5.74) is 0.252. The van der Waals surface area contributed by atoms with Crippen molar-refractivity contribution in [3.05, 3.63) is 74.3 Å². The standard InChI is InChI=1S/C23H24ClN3O6/c1-25(2)10-5-11-26-20(14-6-4-7-16(12-14)27(31)32)19(22(29)23(26)30)21(28)15-8-9-18(33-3)17(24)13-15/h4,6-9,12-13,20,28H,5,10-11H2,1-3H3/b21-19+/t20-/m1/s1. The van der Waals surface area contributed by atoms with Crippen LogP contribution in [-0.4, -0.2) is 65.8 Å². The van der Waals surface area contributed by atoms with Crippen LogP contribution in [0.5, 0.6) is 5.75 Å². The number of amides is 1. The average Bonchev–Trinajstić information content (AvgIpc) is 3.03. The van der Waals surface area contributed by atoms with E-state index in [1.54, 1.807) is 6.07 Å². The Bertz CT molecular complexity index is 1130. The van der Waals surface area contributed by atoms with Gasteiger partial charge in [-0.2, -0.15) is 0 Å². The van der Waals surface area contributed by atoms with Crippen LogP contribution >= 0.6 is 11.6 Å². The van der Waals surface area contributed by atoms with E-state index in [0.29, 0.717) is 24.3 Å². The van der Waals surface area contributed by atoms with E-state index in [1.807, 2.05) is 19.0 Å². The van der Waals surface area contributed by atoms with Crippen LogP contribution in [0.1, 0.15) is 23.6 Å². The summed E-state index contributed by atoms with van der Waals surface area (Å²) in [6.45, 7) is 0.898. The van der Waals surface area contributed by atoms with Gasteiger partial charge < -0.3 is 19.6 Å². The van der Waals surface area contributed by atoms with Gasteiger partial charge in [-0.3, -0.25) is 19.7 Å². The summed E-state index contributed by atoms with van der Waals surface area (Å²) in [6, 6.07) is 9.22. The Labute approximate surface area is 196 Å². The van der Waals surface area contributed by atoms with Crippen molar-refractivity contribution in [2.24, 2.45) is 0 Å². The van der Waals surface area contributed by atoms with Gasteiger partial charge in [-0.15, -0.1) is 0 Å². The van der Waals surface area contributed by atoms with Crippen molar-refractivity contribution in [3.8, 4) is 5.75 Å². The van der Waals surface area contributed by atoms with Crippen LogP contribution in [-0.2, 0) is 9.59 Å². The number of nitrogens with zero attached hydrogens (tertiary/aromatic N) is 3. The first-order valence-electron chi connectivity index (χ1n) is 10.2. The lowest BCUT2D eigenvalue weighted by Crippen LogP contribution is -2.32. The molecule has 0 bridgehead atoms. The van der Waals surface area contributed by atoms with E-state index in [4.69, 9.17) is 16.3 Å². The van der Waals surface area contributed by atoms with Gasteiger partial charge in [0.05, 0.1) is 28.7 Å². The van der Waals surface area contributed by atoms with Gasteiger partial charge in [0.15, 0.2) is 0 Å². The monoisotopic (exact) mass is 473 g/mol. The van der Waals surface area contributed by atoms with Gasteiger partial charge in [-0.1, -0.05) is 23.7 Å². The number of aliphatic hydroxyl groups is 1. The molecular formula is C23H24ClN3O6. The zero-order valence-electron chi connectivity index (χ0n) is 18.4. The van der Waals surface area contributed by atoms with Gasteiger partial charge in [0.2, 0.25) is 0 Å². The van der Waals surface area contributed by atoms with Crippen LogP contribution < -0.4 is 4.74 Å². The van der Waals surface area contributed by atoms with Crippen molar-refractivity contribution in [1.29, 1.82) is 0 Å². The van der Waals surface area contributed by atoms with E-state index in [9.17, 15) is 24.8 Å². The number of benzene rings is 2. The van der Waals surface area contributed by atoms with E-state index >= 15 is 0 Å². The summed E-state index contributed by atoms with van der Waals surface area (Å²) in [6.07, 6.45) is 0.569. The molecule has 2 aromatic carbocycles. The molecular weight excluding hydrogens is 450 g/mol. The zero-order valence-corrected chi connectivity index (χ0v) is 19.2. The Kier molecular flexibility index (Phi) is 7.35. The number of methoxy groups -OCH3 is 1. The van der Waals surface area contributed by atoms with Crippen molar-refractivity contribution in [2.75, 3.05) is 34.3 Å². The number of halogens is 1. The maximum atomic E-state index is 13.0. The van der Waals surface area contributed by atoms with Gasteiger partial charge in [0, 0.05) is 24.2 Å². The molecule has 9 nitrogen and oxygen atoms in total. The third-order valence-electron chi connectivity index (χ3n) is 5.37. The van der Waals surface area contributed by atoms with Crippen molar-refractivity contribution in [1.82, 2.24) is 9.80 Å². The summed E-state index contributed by atoms with van der Waals surface area (Å²) in [5.74, 6) is -1.66. The molecule has 0 spiro atoms. The molecule has 1 saturated heterocycles. The summed E-state index contributed by atoms with van der Waals surface area (Å²) in [5, 5.41) is 22.6. The number of ketones is 1. The molecule has 174 valence electrons. The molecule has 1 amide bonds. The highest BCUT2D eigenvalue weighted by atomic mass is 35.5. The van der Waals surface area contributed by atoms with Gasteiger partial charge in [-0.05, 0) is 50.8 Å². The minimum Gasteiger partial charge on any atom is -0.507 e. The second kappa shape index (κ2) is 10.0. The molecule has 1 fully saturated rings. The predicted molar refractivity (Wildman–Crippen MR) is 123 cm³/mol. The molecule has 1 atom stereocenters. The normalized spacial score (nSPS) is 17.6. The van der Waals surface area contributed by atoms with Crippen molar-refractivity contribution in [3.63, 3.8) is 0 Å². The quantitative estimate of drug-likeness (QED) is 0.205. The van der Waals surface area contributed by atoms with Gasteiger partial charge in [0.25, 0.3) is 17.4 Å². The molecule has 33 heavy (non-hydrogen) atoms. The third-order valence-corrected chi connectivity index (χ3v) is 5.66. The highest BCUT2D eigenvalue weighted by Gasteiger charge is 2.46. The number of Topliss-reactive ketones (excluding diaryl/α,β-unsaturated/α-hetero) is 1. The van der Waals surface area contributed by atoms with Crippen LogP contribution in [0.15, 0.2) is 48.0 Å². The van der Waals surface area contributed by atoms with E-state index in [0.717, 1.165) is 0 Å². The molecule has 0 saturated carbocycles. The number of nitro groups is 1. The number of carbonyl (C=O) groups is 2. The Morgan fingerprint density at radius 1 is 1.24 bits per heavy atom. The summed E-state index contributed by atoms with van der Waals surface area (Å²) >= 11 is 6.18. The Morgan fingerprint density at radius 2 is 1.97 bits per heavy atom. The molecule has 1 aliphatic heterocycles. The van der Waals surface area contributed by atoms with Crippen molar-refractivity contribution < 1.29 is 24.4 Å². The first-order valence-corrected chi connectivity index (χ1v) is 10.5. The number of nitro benzene ring substituents is 1. The van der Waals surface area contributed by atoms with Gasteiger partial charge in [-0.25, -0.2) is 0 Å². The van der Waals surface area contributed by atoms with Gasteiger partial charge >= 0.3 is 0 Å². The number of hydrogen-bond acceptors (Lipinski definition) is 7. The largest absolute Gasteiger partial charge is 0.507 e. The first-order chi connectivity index (χ1) is 15.6. The van der Waals surface area contributed by atoms with Crippen LogP contribution in [0.4, 0.5) is 5.69 Å². The lowest BCUT2D eigenvalue weighted by atomic mass is 9.95. The fraction of sp³-hybridized carbons (Fsp3) is 0.304. The molecule has 2 aromatic rings. The molecule has 1 heterocycles. The van der Waals surface area contributed by atoms with Crippen molar-refractivity contribution >= 4 is 34.7 Å². The number of non-ortho nitro benzene ring substituents is 1. The predicted octanol–water partition coefficient (Wildman–Crippen LogP) is 3.63. The minimum atomic E-state index is -0.979. The molecule has 0 aliphatic carbocycles. The Morgan fingerprint density at radius 3 is 2.58 bits per heavy atom. The minimum absolute atomic E-state index is 0.147. The fourth-order valence-corrected chi connectivity index (χ4v) is 4.05. The van der Waals surface area contributed by atoms with Crippen LogP contribution in [0.2, 0.25) is 5.02 Å². The van der Waals surface area contributed by atoms with E-state index < -0.39 is 28.4 Å². The maximum Gasteiger partial charge on any atom is 0.295 e. The zero-order chi connectivity index (χ0) is 24.3. The highest BCUT2D eigenvalue weighted by molar-refractivity contribution is 6.46. The molecule has 3 rings (SSSR count). The lowest BCUT2D eigenvalue weighted by Gasteiger charge is -2.25. The van der Waals surface area contributed by atoms with E-state index in [-0.39, 0.29) is 28.4 Å². The van der Waals surface area contributed by atoms with Crippen LogP contribution in [0.25, 0.3) is 5.76 Å². The number of rotatable bonds is 8. The summed E-state index contributed by atoms with van der Waals surface area (Å²) in [7, 11) is 5.22. The molecule has 0 unspecified atom stereocenters. The number of ether oxygens (including phenoxy) is 1. The topological polar surface area (TPSA) is 113 Å². The number of aliphatic hydroxyl groups excluding tert-OH is 1. The summed E-state index contributed by atoms with van der Waals surface area (Å²) < 4.78 is 5.12. The first kappa shape index (κ1) is 24.2. The molecule has 10 heteroatoms. The van der Waals surface area contributed by atoms with E-state index in [2.05, 4.69) is 0 Å². The highest BCUT2D eigenvalue weighted by Crippen LogP contribution is 2.41. The molecule has 0 radical (unpaired) electrons. The second-order valence-electron chi connectivity index (χ2n) is 7.85. The Balaban J connectivity index is 2.15. The van der Waals surface area contributed by atoms with Crippen LogP contribution in [0.3, 0.4) is 0 Å². The van der Waals surface area contributed by atoms with Crippen LogP contribution in [0, 0.1) is 10.1 Å². The summed E-state index contributed by atoms with van der Waals surface area (Å²) in [4.78, 5) is 40.0. The Hall–Kier alpha value is -3.43. The number of hydrogen-bond donors (Lipinski definition) is 1. The van der Waals surface area contributed by atoms with E-state index in [1.165, 1.54) is 48.4 Å². The maximum absolute atomic E-state index is 13.0. The molecule has 1 N–H and O–H groups in total. The van der Waals surface area contributed by atoms with Crippen molar-refractivity contribution in [2.45, 2.75) is 12.5 Å². The smallest absolute Gasteiger partial charge is 0.295 e. The SMILES string of the molecule is COc1ccc(/C(O)=C2\C(=O)C(=O)N(CCCN(C)C)[C@@H]2c2cccc([N+](=O)[O-])c2)cc1Cl. The fourth-order valence-electron chi connectivity index (χ4n) is 3.79. The number of likely N-dealkylation sites (tertiary alicyclic amines) is 1. The molecule has 0 aromatic heterocycles. The average molecular weight is 474 g/mol. The van der Waals surface area contributed by atoms with Gasteiger partial charge in [0.1, 0.15) is 11.5 Å². The number of carbonyl (C=O) groups excluding carboxylic acids is 2. The third kappa shape index (κ3) is 4.99. The lowest BCUT2D eigenvalue weighted by molar-refractivity contribution is -0.384. The second-order valence-corrected chi connectivity index (χ2v) is 8.26. The molecule has 1 aliphatic rings.